The van der Waals surface area contributed by atoms with Crippen molar-refractivity contribution in [3.63, 3.8) is 0 Å². The molecular formula is C13H22N4. The lowest BCUT2D eigenvalue weighted by Gasteiger charge is -2.14. The lowest BCUT2D eigenvalue weighted by molar-refractivity contribution is 0.602. The summed E-state index contributed by atoms with van der Waals surface area (Å²) in [6.45, 7) is 7.22. The molecule has 4 nitrogen and oxygen atoms in total. The van der Waals surface area contributed by atoms with Crippen LogP contribution in [0.15, 0.2) is 6.07 Å². The van der Waals surface area contributed by atoms with E-state index in [0.29, 0.717) is 6.04 Å². The Morgan fingerprint density at radius 1 is 1.35 bits per heavy atom. The Kier molecular flexibility index (Phi) is 3.82. The molecule has 0 bridgehead atoms. The van der Waals surface area contributed by atoms with Crippen molar-refractivity contribution in [2.24, 2.45) is 5.92 Å². The number of hydrogen-bond donors (Lipinski definition) is 2. The van der Waals surface area contributed by atoms with E-state index in [0.717, 1.165) is 29.9 Å². The largest absolute Gasteiger partial charge is 0.367 e. The molecule has 17 heavy (non-hydrogen) atoms. The highest BCUT2D eigenvalue weighted by Gasteiger charge is 2.21. The maximum Gasteiger partial charge on any atom is 0.224 e. The number of aryl methyl sites for hydroxylation is 1. The summed E-state index contributed by atoms with van der Waals surface area (Å²) in [5, 5.41) is 6.68. The van der Waals surface area contributed by atoms with Crippen LogP contribution in [0.25, 0.3) is 0 Å². The van der Waals surface area contributed by atoms with Gasteiger partial charge in [0.05, 0.1) is 0 Å². The SMILES string of the molecule is CCNc1nc(C)cc(NC2CCC(C)C2)n1. The molecule has 1 aliphatic carbocycles. The summed E-state index contributed by atoms with van der Waals surface area (Å²) in [7, 11) is 0. The summed E-state index contributed by atoms with van der Waals surface area (Å²) in [6, 6.07) is 2.60. The molecular weight excluding hydrogens is 212 g/mol. The number of rotatable bonds is 4. The van der Waals surface area contributed by atoms with E-state index in [1.54, 1.807) is 0 Å². The highest BCUT2D eigenvalue weighted by molar-refractivity contribution is 5.43. The van der Waals surface area contributed by atoms with Crippen LogP contribution in [0.2, 0.25) is 0 Å². The number of hydrogen-bond acceptors (Lipinski definition) is 4. The Labute approximate surface area is 103 Å². The van der Waals surface area contributed by atoms with E-state index in [1.165, 1.54) is 19.3 Å². The maximum absolute atomic E-state index is 4.48. The minimum atomic E-state index is 0.578. The topological polar surface area (TPSA) is 49.8 Å². The zero-order valence-electron chi connectivity index (χ0n) is 11.0. The number of anilines is 2. The molecule has 0 aliphatic heterocycles. The van der Waals surface area contributed by atoms with Gasteiger partial charge in [-0.2, -0.15) is 4.98 Å². The lowest BCUT2D eigenvalue weighted by Crippen LogP contribution is -2.17. The van der Waals surface area contributed by atoms with Crippen molar-refractivity contribution in [2.75, 3.05) is 17.2 Å². The maximum atomic E-state index is 4.48. The highest BCUT2D eigenvalue weighted by Crippen LogP contribution is 2.27. The monoisotopic (exact) mass is 234 g/mol. The first-order valence-electron chi connectivity index (χ1n) is 6.53. The normalized spacial score (nSPS) is 23.7. The third kappa shape index (κ3) is 3.32. The van der Waals surface area contributed by atoms with Gasteiger partial charge in [0.15, 0.2) is 0 Å². The average molecular weight is 234 g/mol. The Balaban J connectivity index is 2.04. The van der Waals surface area contributed by atoms with Crippen LogP contribution >= 0.6 is 0 Å². The summed E-state index contributed by atoms with van der Waals surface area (Å²) in [6.07, 6.45) is 3.82. The molecule has 0 saturated heterocycles. The Hall–Kier alpha value is -1.32. The van der Waals surface area contributed by atoms with Crippen molar-refractivity contribution in [1.29, 1.82) is 0 Å². The van der Waals surface area contributed by atoms with Crippen LogP contribution in [0.4, 0.5) is 11.8 Å². The first kappa shape index (κ1) is 12.1. The molecule has 0 spiro atoms. The molecule has 2 N–H and O–H groups in total. The molecule has 1 aliphatic rings. The van der Waals surface area contributed by atoms with Crippen LogP contribution < -0.4 is 10.6 Å². The zero-order chi connectivity index (χ0) is 12.3. The molecule has 0 aromatic carbocycles. The van der Waals surface area contributed by atoms with Crippen LogP contribution in [0.1, 0.15) is 38.8 Å². The van der Waals surface area contributed by atoms with Crippen molar-refractivity contribution in [1.82, 2.24) is 9.97 Å². The summed E-state index contributed by atoms with van der Waals surface area (Å²) in [5.74, 6) is 2.51. The summed E-state index contributed by atoms with van der Waals surface area (Å²) in [4.78, 5) is 8.83. The summed E-state index contributed by atoms with van der Waals surface area (Å²) < 4.78 is 0. The van der Waals surface area contributed by atoms with Gasteiger partial charge in [-0.15, -0.1) is 0 Å². The third-order valence-corrected chi connectivity index (χ3v) is 3.24. The van der Waals surface area contributed by atoms with E-state index in [9.17, 15) is 0 Å². The lowest BCUT2D eigenvalue weighted by atomic mass is 10.1. The zero-order valence-corrected chi connectivity index (χ0v) is 11.0. The van der Waals surface area contributed by atoms with Crippen LogP contribution in [-0.2, 0) is 0 Å². The number of nitrogens with zero attached hydrogens (tertiary/aromatic N) is 2. The van der Waals surface area contributed by atoms with Gasteiger partial charge in [0.25, 0.3) is 0 Å². The van der Waals surface area contributed by atoms with Gasteiger partial charge in [-0.25, -0.2) is 4.98 Å². The van der Waals surface area contributed by atoms with Gasteiger partial charge in [-0.05, 0) is 39.0 Å². The minimum absolute atomic E-state index is 0.578. The minimum Gasteiger partial charge on any atom is -0.367 e. The van der Waals surface area contributed by atoms with E-state index in [1.807, 2.05) is 13.0 Å². The van der Waals surface area contributed by atoms with Crippen LogP contribution in [0.3, 0.4) is 0 Å². The molecule has 1 saturated carbocycles. The Morgan fingerprint density at radius 3 is 2.82 bits per heavy atom. The van der Waals surface area contributed by atoms with Gasteiger partial charge in [0.2, 0.25) is 5.95 Å². The Bertz CT molecular complexity index is 378. The fourth-order valence-corrected chi connectivity index (χ4v) is 2.43. The van der Waals surface area contributed by atoms with E-state index in [4.69, 9.17) is 0 Å². The first-order chi connectivity index (χ1) is 8.17. The van der Waals surface area contributed by atoms with Crippen molar-refractivity contribution >= 4 is 11.8 Å². The van der Waals surface area contributed by atoms with Gasteiger partial charge in [0.1, 0.15) is 5.82 Å². The van der Waals surface area contributed by atoms with Gasteiger partial charge in [0, 0.05) is 24.3 Å². The van der Waals surface area contributed by atoms with Crippen molar-refractivity contribution in [3.8, 4) is 0 Å². The molecule has 1 fully saturated rings. The molecule has 2 atom stereocenters. The fourth-order valence-electron chi connectivity index (χ4n) is 2.43. The second kappa shape index (κ2) is 5.34. The molecule has 2 unspecified atom stereocenters. The van der Waals surface area contributed by atoms with E-state index in [-0.39, 0.29) is 0 Å². The number of aromatic nitrogens is 2. The second-order valence-electron chi connectivity index (χ2n) is 5.01. The van der Waals surface area contributed by atoms with E-state index < -0.39 is 0 Å². The smallest absolute Gasteiger partial charge is 0.224 e. The van der Waals surface area contributed by atoms with Crippen molar-refractivity contribution in [2.45, 2.75) is 46.1 Å². The molecule has 1 heterocycles. The standard InChI is InChI=1S/C13H22N4/c1-4-14-13-15-10(3)8-12(17-13)16-11-6-5-9(2)7-11/h8-9,11H,4-7H2,1-3H3,(H2,14,15,16,17). The molecule has 1 aromatic rings. The van der Waals surface area contributed by atoms with Gasteiger partial charge in [-0.1, -0.05) is 6.92 Å². The van der Waals surface area contributed by atoms with Gasteiger partial charge >= 0.3 is 0 Å². The summed E-state index contributed by atoms with van der Waals surface area (Å²) in [5.41, 5.74) is 1.00. The van der Waals surface area contributed by atoms with Crippen molar-refractivity contribution in [3.05, 3.63) is 11.8 Å². The van der Waals surface area contributed by atoms with Gasteiger partial charge < -0.3 is 10.6 Å². The molecule has 0 radical (unpaired) electrons. The first-order valence-corrected chi connectivity index (χ1v) is 6.53. The molecule has 0 amide bonds. The predicted molar refractivity (Wildman–Crippen MR) is 71.4 cm³/mol. The molecule has 94 valence electrons. The van der Waals surface area contributed by atoms with Crippen LogP contribution in [0, 0.1) is 12.8 Å². The highest BCUT2D eigenvalue weighted by atomic mass is 15.1. The Morgan fingerprint density at radius 2 is 2.18 bits per heavy atom. The van der Waals surface area contributed by atoms with Crippen molar-refractivity contribution < 1.29 is 0 Å². The molecule has 2 rings (SSSR count). The molecule has 1 aromatic heterocycles. The van der Waals surface area contributed by atoms with Gasteiger partial charge in [-0.3, -0.25) is 0 Å². The third-order valence-electron chi connectivity index (χ3n) is 3.24. The van der Waals surface area contributed by atoms with E-state index in [2.05, 4.69) is 34.4 Å². The fraction of sp³-hybridized carbons (Fsp3) is 0.692. The van der Waals surface area contributed by atoms with Crippen LogP contribution in [-0.4, -0.2) is 22.6 Å². The number of nitrogens with one attached hydrogen (secondary N) is 2. The van der Waals surface area contributed by atoms with E-state index >= 15 is 0 Å². The van der Waals surface area contributed by atoms with Crippen LogP contribution in [0.5, 0.6) is 0 Å². The quantitative estimate of drug-likeness (QED) is 0.841. The predicted octanol–water partition coefficient (Wildman–Crippen LogP) is 2.82. The second-order valence-corrected chi connectivity index (χ2v) is 5.01. The molecule has 4 heteroatoms. The summed E-state index contributed by atoms with van der Waals surface area (Å²) >= 11 is 0. The average Bonchev–Trinajstić information content (AvgIpc) is 2.63.